The smallest absolute Gasteiger partial charge is 0.266 e. The molecule has 0 bridgehead atoms. The summed E-state index contributed by atoms with van der Waals surface area (Å²) in [4.78, 5) is 21.7. The third-order valence-electron chi connectivity index (χ3n) is 4.09. The molecule has 0 N–H and O–H groups in total. The molecule has 0 aliphatic heterocycles. The zero-order chi connectivity index (χ0) is 16.1. The SMILES string of the molecule is O=c1c2ccccc2nc2c3cnn(-c4ccccc4)c3ncn12. The van der Waals surface area contributed by atoms with Gasteiger partial charge in [-0.05, 0) is 24.3 Å². The van der Waals surface area contributed by atoms with Gasteiger partial charge in [0.2, 0.25) is 0 Å². The molecule has 0 unspecified atom stereocenters. The maximum atomic E-state index is 12.7. The molecular weight excluding hydrogens is 302 g/mol. The molecule has 0 saturated carbocycles. The van der Waals surface area contributed by atoms with Gasteiger partial charge in [-0.25, -0.2) is 19.1 Å². The van der Waals surface area contributed by atoms with Gasteiger partial charge in [0.05, 0.1) is 28.2 Å². The largest absolute Gasteiger partial charge is 0.268 e. The molecule has 3 aromatic heterocycles. The molecular formula is C18H11N5O. The second kappa shape index (κ2) is 4.73. The Kier molecular flexibility index (Phi) is 2.55. The van der Waals surface area contributed by atoms with Gasteiger partial charge < -0.3 is 0 Å². The molecule has 0 amide bonds. The van der Waals surface area contributed by atoms with Crippen molar-refractivity contribution in [1.29, 1.82) is 0 Å². The average Bonchev–Trinajstić information content (AvgIpc) is 3.07. The summed E-state index contributed by atoms with van der Waals surface area (Å²) < 4.78 is 3.22. The van der Waals surface area contributed by atoms with Crippen LogP contribution in [0.4, 0.5) is 0 Å². The van der Waals surface area contributed by atoms with Gasteiger partial charge in [-0.3, -0.25) is 4.79 Å². The Morgan fingerprint density at radius 1 is 0.833 bits per heavy atom. The number of benzene rings is 2. The first kappa shape index (κ1) is 13.0. The highest BCUT2D eigenvalue weighted by atomic mass is 16.1. The van der Waals surface area contributed by atoms with Gasteiger partial charge >= 0.3 is 0 Å². The number of rotatable bonds is 1. The van der Waals surface area contributed by atoms with Crippen LogP contribution in [-0.4, -0.2) is 24.1 Å². The Hall–Kier alpha value is -3.54. The average molecular weight is 313 g/mol. The highest BCUT2D eigenvalue weighted by molar-refractivity contribution is 5.92. The lowest BCUT2D eigenvalue weighted by atomic mass is 10.2. The normalized spacial score (nSPS) is 11.5. The van der Waals surface area contributed by atoms with Crippen molar-refractivity contribution < 1.29 is 0 Å². The van der Waals surface area contributed by atoms with E-state index in [9.17, 15) is 4.79 Å². The molecule has 0 aliphatic rings. The summed E-state index contributed by atoms with van der Waals surface area (Å²) in [6.07, 6.45) is 3.21. The van der Waals surface area contributed by atoms with E-state index in [1.165, 1.54) is 10.7 Å². The molecule has 0 atom stereocenters. The standard InChI is InChI=1S/C18H11N5O/c24-18-13-8-4-5-9-15(13)21-17-14-10-20-23(12-6-2-1-3-7-12)16(14)19-11-22(17)18/h1-11H. The summed E-state index contributed by atoms with van der Waals surface area (Å²) in [5, 5.41) is 5.74. The maximum Gasteiger partial charge on any atom is 0.266 e. The third-order valence-corrected chi connectivity index (χ3v) is 4.09. The highest BCUT2D eigenvalue weighted by Gasteiger charge is 2.13. The first-order chi connectivity index (χ1) is 11.8. The number of hydrogen-bond acceptors (Lipinski definition) is 4. The van der Waals surface area contributed by atoms with Crippen molar-refractivity contribution in [2.45, 2.75) is 0 Å². The molecule has 0 saturated heterocycles. The molecule has 3 heterocycles. The van der Waals surface area contributed by atoms with Crippen molar-refractivity contribution in [2.24, 2.45) is 0 Å². The quantitative estimate of drug-likeness (QED) is 0.446. The van der Waals surface area contributed by atoms with Crippen LogP contribution in [0.25, 0.3) is 33.3 Å². The Morgan fingerprint density at radius 3 is 2.50 bits per heavy atom. The van der Waals surface area contributed by atoms with E-state index >= 15 is 0 Å². The third kappa shape index (κ3) is 1.70. The van der Waals surface area contributed by atoms with E-state index in [1.54, 1.807) is 16.9 Å². The molecule has 0 aliphatic carbocycles. The first-order valence-electron chi connectivity index (χ1n) is 7.52. The minimum Gasteiger partial charge on any atom is -0.268 e. The van der Waals surface area contributed by atoms with Gasteiger partial charge in [-0.15, -0.1) is 0 Å². The second-order valence-electron chi connectivity index (χ2n) is 5.50. The zero-order valence-electron chi connectivity index (χ0n) is 12.5. The van der Waals surface area contributed by atoms with E-state index in [0.717, 1.165) is 11.1 Å². The molecule has 5 aromatic rings. The van der Waals surface area contributed by atoms with Crippen LogP contribution in [0.15, 0.2) is 71.9 Å². The van der Waals surface area contributed by atoms with Crippen molar-refractivity contribution in [3.63, 3.8) is 0 Å². The van der Waals surface area contributed by atoms with Crippen LogP contribution in [0.2, 0.25) is 0 Å². The molecule has 6 nitrogen and oxygen atoms in total. The minimum absolute atomic E-state index is 0.127. The summed E-state index contributed by atoms with van der Waals surface area (Å²) in [5.74, 6) is 0. The van der Waals surface area contributed by atoms with E-state index in [2.05, 4.69) is 15.1 Å². The molecule has 114 valence electrons. The topological polar surface area (TPSA) is 65.1 Å². The zero-order valence-corrected chi connectivity index (χ0v) is 12.5. The van der Waals surface area contributed by atoms with Gasteiger partial charge in [-0.2, -0.15) is 5.10 Å². The van der Waals surface area contributed by atoms with Gasteiger partial charge in [0.15, 0.2) is 11.3 Å². The van der Waals surface area contributed by atoms with E-state index in [0.29, 0.717) is 22.2 Å². The van der Waals surface area contributed by atoms with Crippen molar-refractivity contribution in [2.75, 3.05) is 0 Å². The van der Waals surface area contributed by atoms with Crippen LogP contribution in [-0.2, 0) is 0 Å². The summed E-state index contributed by atoms with van der Waals surface area (Å²) >= 11 is 0. The Labute approximate surface area is 135 Å². The molecule has 0 fully saturated rings. The van der Waals surface area contributed by atoms with Crippen molar-refractivity contribution in [1.82, 2.24) is 24.1 Å². The lowest BCUT2D eigenvalue weighted by Crippen LogP contribution is -2.16. The van der Waals surface area contributed by atoms with Crippen LogP contribution >= 0.6 is 0 Å². The lowest BCUT2D eigenvalue weighted by Gasteiger charge is -2.05. The number of aromatic nitrogens is 5. The predicted octanol–water partition coefficient (Wildman–Crippen LogP) is 2.58. The van der Waals surface area contributed by atoms with Crippen LogP contribution in [0.5, 0.6) is 0 Å². The van der Waals surface area contributed by atoms with Crippen LogP contribution in [0.3, 0.4) is 0 Å². The van der Waals surface area contributed by atoms with E-state index in [4.69, 9.17) is 0 Å². The van der Waals surface area contributed by atoms with E-state index in [-0.39, 0.29) is 5.56 Å². The van der Waals surface area contributed by atoms with Crippen molar-refractivity contribution in [3.05, 3.63) is 77.5 Å². The fourth-order valence-corrected chi connectivity index (χ4v) is 2.94. The first-order valence-corrected chi connectivity index (χ1v) is 7.52. The molecule has 5 rings (SSSR count). The van der Waals surface area contributed by atoms with Crippen LogP contribution in [0.1, 0.15) is 0 Å². The molecule has 2 aromatic carbocycles. The number of nitrogens with zero attached hydrogens (tertiary/aromatic N) is 5. The minimum atomic E-state index is -0.127. The second-order valence-corrected chi connectivity index (χ2v) is 5.50. The van der Waals surface area contributed by atoms with Crippen LogP contribution in [0, 0.1) is 0 Å². The Bertz CT molecular complexity index is 1270. The number of fused-ring (bicyclic) bond motifs is 4. The molecule has 24 heavy (non-hydrogen) atoms. The Morgan fingerprint density at radius 2 is 1.62 bits per heavy atom. The van der Waals surface area contributed by atoms with Crippen LogP contribution < -0.4 is 5.56 Å². The lowest BCUT2D eigenvalue weighted by molar-refractivity contribution is 0.891. The Balaban J connectivity index is 1.92. The molecule has 0 spiro atoms. The summed E-state index contributed by atoms with van der Waals surface area (Å²) in [5.41, 5.74) is 2.68. The fraction of sp³-hybridized carbons (Fsp3) is 0. The van der Waals surface area contributed by atoms with E-state index < -0.39 is 0 Å². The fourth-order valence-electron chi connectivity index (χ4n) is 2.94. The summed E-state index contributed by atoms with van der Waals surface area (Å²) in [7, 11) is 0. The maximum absolute atomic E-state index is 12.7. The van der Waals surface area contributed by atoms with Gasteiger partial charge in [-0.1, -0.05) is 30.3 Å². The van der Waals surface area contributed by atoms with Gasteiger partial charge in [0.25, 0.3) is 5.56 Å². The van der Waals surface area contributed by atoms with Crippen molar-refractivity contribution in [3.8, 4) is 5.69 Å². The highest BCUT2D eigenvalue weighted by Crippen LogP contribution is 2.20. The number of hydrogen-bond donors (Lipinski definition) is 0. The summed E-state index contributed by atoms with van der Waals surface area (Å²) in [6.45, 7) is 0. The van der Waals surface area contributed by atoms with E-state index in [1.807, 2.05) is 48.5 Å². The van der Waals surface area contributed by atoms with Crippen molar-refractivity contribution >= 4 is 27.6 Å². The van der Waals surface area contributed by atoms with Gasteiger partial charge in [0.1, 0.15) is 6.33 Å². The monoisotopic (exact) mass is 313 g/mol. The summed E-state index contributed by atoms with van der Waals surface area (Å²) in [6, 6.07) is 17.1. The molecule has 6 heteroatoms. The van der Waals surface area contributed by atoms with Gasteiger partial charge in [0, 0.05) is 0 Å². The molecule has 0 radical (unpaired) electrons. The number of para-hydroxylation sites is 2. The predicted molar refractivity (Wildman–Crippen MR) is 91.4 cm³/mol.